The molecule has 0 spiro atoms. The topological polar surface area (TPSA) is 73.6 Å². The fraction of sp³-hybridized carbons (Fsp3) is 0.417. The third-order valence-electron chi connectivity index (χ3n) is 2.03. The van der Waals surface area contributed by atoms with Crippen molar-refractivity contribution in [1.82, 2.24) is 0 Å². The SMILES string of the molecule is COc1cc(NC(=O)OCC(C)C)ccc1N. The van der Waals surface area contributed by atoms with Crippen LogP contribution in [0.3, 0.4) is 0 Å². The Balaban J connectivity index is 2.59. The molecule has 0 heterocycles. The number of carbonyl (C=O) groups is 1. The first-order chi connectivity index (χ1) is 8.02. The molecule has 0 radical (unpaired) electrons. The highest BCUT2D eigenvalue weighted by atomic mass is 16.5. The van der Waals surface area contributed by atoms with Gasteiger partial charge in [-0.05, 0) is 18.1 Å². The molecule has 1 aromatic carbocycles. The summed E-state index contributed by atoms with van der Waals surface area (Å²) in [6.07, 6.45) is -0.481. The highest BCUT2D eigenvalue weighted by molar-refractivity contribution is 5.85. The van der Waals surface area contributed by atoms with Crippen LogP contribution >= 0.6 is 0 Å². The van der Waals surface area contributed by atoms with Crippen LogP contribution < -0.4 is 15.8 Å². The molecule has 0 saturated carbocycles. The van der Waals surface area contributed by atoms with Crippen LogP contribution in [-0.4, -0.2) is 19.8 Å². The number of anilines is 2. The summed E-state index contributed by atoms with van der Waals surface area (Å²) >= 11 is 0. The highest BCUT2D eigenvalue weighted by Crippen LogP contribution is 2.24. The summed E-state index contributed by atoms with van der Waals surface area (Å²) in [6.45, 7) is 4.33. The Morgan fingerprint density at radius 3 is 2.76 bits per heavy atom. The van der Waals surface area contributed by atoms with Gasteiger partial charge in [-0.25, -0.2) is 4.79 Å². The molecule has 5 nitrogen and oxygen atoms in total. The zero-order valence-electron chi connectivity index (χ0n) is 10.3. The third-order valence-corrected chi connectivity index (χ3v) is 2.03. The Morgan fingerprint density at radius 2 is 2.18 bits per heavy atom. The van der Waals surface area contributed by atoms with Gasteiger partial charge in [0.05, 0.1) is 19.4 Å². The standard InChI is InChI=1S/C12H18N2O3/c1-8(2)7-17-12(15)14-9-4-5-10(13)11(6-9)16-3/h4-6,8H,7,13H2,1-3H3,(H,14,15). The van der Waals surface area contributed by atoms with E-state index in [0.29, 0.717) is 29.6 Å². The van der Waals surface area contributed by atoms with Crippen LogP contribution in [0.4, 0.5) is 16.2 Å². The van der Waals surface area contributed by atoms with Gasteiger partial charge in [0.2, 0.25) is 0 Å². The number of ether oxygens (including phenoxy) is 2. The van der Waals surface area contributed by atoms with Crippen molar-refractivity contribution in [2.75, 3.05) is 24.8 Å². The minimum Gasteiger partial charge on any atom is -0.495 e. The lowest BCUT2D eigenvalue weighted by atomic mass is 10.2. The summed E-state index contributed by atoms with van der Waals surface area (Å²) in [5, 5.41) is 2.60. The molecule has 1 aromatic rings. The van der Waals surface area contributed by atoms with Crippen molar-refractivity contribution < 1.29 is 14.3 Å². The Labute approximate surface area is 101 Å². The number of carbonyl (C=O) groups excluding carboxylic acids is 1. The smallest absolute Gasteiger partial charge is 0.411 e. The van der Waals surface area contributed by atoms with Crippen molar-refractivity contribution in [2.45, 2.75) is 13.8 Å². The zero-order chi connectivity index (χ0) is 12.8. The number of nitrogens with one attached hydrogen (secondary N) is 1. The lowest BCUT2D eigenvalue weighted by Crippen LogP contribution is -2.16. The summed E-state index contributed by atoms with van der Waals surface area (Å²) in [6, 6.07) is 5.00. The van der Waals surface area contributed by atoms with Crippen LogP contribution in [0.15, 0.2) is 18.2 Å². The normalized spacial score (nSPS) is 10.1. The molecule has 94 valence electrons. The van der Waals surface area contributed by atoms with E-state index in [1.54, 1.807) is 18.2 Å². The summed E-state index contributed by atoms with van der Waals surface area (Å²) in [5.41, 5.74) is 6.77. The Kier molecular flexibility index (Phi) is 4.63. The van der Waals surface area contributed by atoms with Gasteiger partial charge in [-0.3, -0.25) is 5.32 Å². The maximum Gasteiger partial charge on any atom is 0.411 e. The second-order valence-corrected chi connectivity index (χ2v) is 4.07. The third kappa shape index (κ3) is 4.22. The molecule has 0 unspecified atom stereocenters. The summed E-state index contributed by atoms with van der Waals surface area (Å²) in [7, 11) is 1.52. The highest BCUT2D eigenvalue weighted by Gasteiger charge is 2.06. The number of benzene rings is 1. The monoisotopic (exact) mass is 238 g/mol. The minimum absolute atomic E-state index is 0.307. The van der Waals surface area contributed by atoms with Crippen LogP contribution in [-0.2, 0) is 4.74 Å². The van der Waals surface area contributed by atoms with Gasteiger partial charge in [0, 0.05) is 11.8 Å². The van der Waals surface area contributed by atoms with Gasteiger partial charge in [-0.2, -0.15) is 0 Å². The number of rotatable bonds is 4. The number of hydrogen-bond acceptors (Lipinski definition) is 4. The van der Waals surface area contributed by atoms with Crippen molar-refractivity contribution in [3.63, 3.8) is 0 Å². The van der Waals surface area contributed by atoms with Gasteiger partial charge < -0.3 is 15.2 Å². The Bertz CT molecular complexity index is 391. The molecule has 0 aliphatic heterocycles. The number of hydrogen-bond donors (Lipinski definition) is 2. The number of methoxy groups -OCH3 is 1. The molecule has 0 aliphatic rings. The van der Waals surface area contributed by atoms with Crippen molar-refractivity contribution in [2.24, 2.45) is 5.92 Å². The van der Waals surface area contributed by atoms with E-state index in [9.17, 15) is 4.79 Å². The molecule has 1 amide bonds. The van der Waals surface area contributed by atoms with Crippen LogP contribution in [0.25, 0.3) is 0 Å². The molecule has 1 rings (SSSR count). The van der Waals surface area contributed by atoms with E-state index < -0.39 is 6.09 Å². The Hall–Kier alpha value is -1.91. The molecule has 17 heavy (non-hydrogen) atoms. The van der Waals surface area contributed by atoms with E-state index >= 15 is 0 Å². The van der Waals surface area contributed by atoms with E-state index in [1.165, 1.54) is 7.11 Å². The van der Waals surface area contributed by atoms with E-state index in [1.807, 2.05) is 13.8 Å². The fourth-order valence-corrected chi connectivity index (χ4v) is 1.19. The Morgan fingerprint density at radius 1 is 1.47 bits per heavy atom. The average molecular weight is 238 g/mol. The number of nitrogen functional groups attached to an aromatic ring is 1. The van der Waals surface area contributed by atoms with Gasteiger partial charge in [-0.15, -0.1) is 0 Å². The summed E-state index contributed by atoms with van der Waals surface area (Å²) in [4.78, 5) is 11.4. The molecular weight excluding hydrogens is 220 g/mol. The van der Waals surface area contributed by atoms with Crippen LogP contribution in [0.2, 0.25) is 0 Å². The molecule has 0 aromatic heterocycles. The van der Waals surface area contributed by atoms with Gasteiger partial charge in [0.25, 0.3) is 0 Å². The first kappa shape index (κ1) is 13.2. The van der Waals surface area contributed by atoms with Crippen molar-refractivity contribution in [3.8, 4) is 5.75 Å². The molecular formula is C12H18N2O3. The first-order valence-corrected chi connectivity index (χ1v) is 5.40. The maximum absolute atomic E-state index is 11.4. The fourth-order valence-electron chi connectivity index (χ4n) is 1.19. The molecule has 0 aliphatic carbocycles. The minimum atomic E-state index is -0.481. The second kappa shape index (κ2) is 5.98. The van der Waals surface area contributed by atoms with Gasteiger partial charge in [-0.1, -0.05) is 13.8 Å². The lowest BCUT2D eigenvalue weighted by molar-refractivity contribution is 0.147. The number of amides is 1. The summed E-state index contributed by atoms with van der Waals surface area (Å²) in [5.74, 6) is 0.827. The average Bonchev–Trinajstić information content (AvgIpc) is 2.29. The molecule has 0 atom stereocenters. The largest absolute Gasteiger partial charge is 0.495 e. The predicted octanol–water partition coefficient (Wildman–Crippen LogP) is 2.48. The van der Waals surface area contributed by atoms with Crippen molar-refractivity contribution in [1.29, 1.82) is 0 Å². The zero-order valence-corrected chi connectivity index (χ0v) is 10.3. The van der Waals surface area contributed by atoms with Gasteiger partial charge >= 0.3 is 6.09 Å². The van der Waals surface area contributed by atoms with Crippen molar-refractivity contribution in [3.05, 3.63) is 18.2 Å². The molecule has 0 bridgehead atoms. The first-order valence-electron chi connectivity index (χ1n) is 5.40. The van der Waals surface area contributed by atoms with Crippen LogP contribution in [0.5, 0.6) is 5.75 Å². The molecule has 0 fully saturated rings. The number of nitrogens with two attached hydrogens (primary N) is 1. The second-order valence-electron chi connectivity index (χ2n) is 4.07. The van der Waals surface area contributed by atoms with E-state index in [0.717, 1.165) is 0 Å². The van der Waals surface area contributed by atoms with E-state index in [2.05, 4.69) is 5.32 Å². The molecule has 0 saturated heterocycles. The molecule has 3 N–H and O–H groups in total. The van der Waals surface area contributed by atoms with Crippen LogP contribution in [0, 0.1) is 5.92 Å². The van der Waals surface area contributed by atoms with E-state index in [-0.39, 0.29) is 0 Å². The van der Waals surface area contributed by atoms with Crippen molar-refractivity contribution >= 4 is 17.5 Å². The maximum atomic E-state index is 11.4. The lowest BCUT2D eigenvalue weighted by Gasteiger charge is -2.10. The van der Waals surface area contributed by atoms with Gasteiger partial charge in [0.15, 0.2) is 0 Å². The quantitative estimate of drug-likeness (QED) is 0.790. The summed E-state index contributed by atoms with van der Waals surface area (Å²) < 4.78 is 10.0. The van der Waals surface area contributed by atoms with Gasteiger partial charge in [0.1, 0.15) is 5.75 Å². The molecule has 5 heteroatoms. The van der Waals surface area contributed by atoms with Crippen LogP contribution in [0.1, 0.15) is 13.8 Å². The predicted molar refractivity (Wildman–Crippen MR) is 67.2 cm³/mol. The van der Waals surface area contributed by atoms with E-state index in [4.69, 9.17) is 15.2 Å².